The van der Waals surface area contributed by atoms with E-state index < -0.39 is 0 Å². The molecule has 0 radical (unpaired) electrons. The van der Waals surface area contributed by atoms with Crippen molar-refractivity contribution < 1.29 is 16.5 Å². The molecule has 4 nitrogen and oxygen atoms in total. The van der Waals surface area contributed by atoms with Gasteiger partial charge in [-0.1, -0.05) is 72.8 Å². The Hall–Kier alpha value is -2.99. The Labute approximate surface area is 203 Å². The van der Waals surface area contributed by atoms with Gasteiger partial charge in [0.1, 0.15) is 0 Å². The van der Waals surface area contributed by atoms with E-state index in [0.717, 1.165) is 32.5 Å². The summed E-state index contributed by atoms with van der Waals surface area (Å²) in [5, 5.41) is 16.4. The average molecular weight is 485 g/mol. The van der Waals surface area contributed by atoms with E-state index in [1.54, 1.807) is 0 Å². The molecule has 0 aliphatic carbocycles. The van der Waals surface area contributed by atoms with Crippen molar-refractivity contribution in [3.05, 3.63) is 109 Å². The molecule has 4 aromatic carbocycles. The Morgan fingerprint density at radius 2 is 0.710 bits per heavy atom. The molecule has 31 heavy (non-hydrogen) atoms. The third kappa shape index (κ3) is 8.34. The first-order valence-electron chi connectivity index (χ1n) is 9.18. The van der Waals surface area contributed by atoms with E-state index in [9.17, 15) is 0 Å². The van der Waals surface area contributed by atoms with E-state index in [2.05, 4.69) is 20.5 Å². The van der Waals surface area contributed by atoms with Gasteiger partial charge in [0.05, 0.1) is 22.7 Å². The van der Waals surface area contributed by atoms with Gasteiger partial charge in [-0.25, -0.2) is 0 Å². The first-order chi connectivity index (χ1) is 14.7. The number of azo groups is 2. The van der Waals surface area contributed by atoms with Crippen molar-refractivity contribution in [2.24, 2.45) is 20.5 Å². The van der Waals surface area contributed by atoms with Gasteiger partial charge in [-0.05, 0) is 36.4 Å². The van der Waals surface area contributed by atoms with Crippen molar-refractivity contribution in [3.63, 3.8) is 0 Å². The van der Waals surface area contributed by atoms with Crippen LogP contribution >= 0.6 is 0 Å². The predicted molar refractivity (Wildman–Crippen MR) is 125 cm³/mol. The molecule has 0 amide bonds. The van der Waals surface area contributed by atoms with Crippen LogP contribution in [0.2, 0.25) is 0 Å². The third-order valence-electron chi connectivity index (χ3n) is 3.79. The van der Waals surface area contributed by atoms with Gasteiger partial charge in [-0.3, -0.25) is 0 Å². The molecule has 0 aliphatic rings. The van der Waals surface area contributed by atoms with Gasteiger partial charge >= 0.3 is 16.5 Å². The maximum absolute atomic E-state index is 5.11. The summed E-state index contributed by atoms with van der Waals surface area (Å²) >= 11 is 10.2. The zero-order chi connectivity index (χ0) is 21.0. The van der Waals surface area contributed by atoms with Crippen LogP contribution < -0.4 is 0 Å². The molecule has 0 saturated carbocycles. The molecule has 0 saturated heterocycles. The van der Waals surface area contributed by atoms with Crippen LogP contribution in [0.25, 0.3) is 0 Å². The molecule has 0 aliphatic heterocycles. The van der Waals surface area contributed by atoms with E-state index in [-0.39, 0.29) is 16.5 Å². The van der Waals surface area contributed by atoms with Crippen LogP contribution in [0.1, 0.15) is 0 Å². The molecule has 0 aromatic heterocycles. The summed E-state index contributed by atoms with van der Waals surface area (Å²) in [5.41, 5.74) is 3.12. The zero-order valence-electron chi connectivity index (χ0n) is 16.3. The second-order valence-corrected chi connectivity index (χ2v) is 6.89. The van der Waals surface area contributed by atoms with E-state index >= 15 is 0 Å². The molecule has 0 atom stereocenters. The summed E-state index contributed by atoms with van der Waals surface area (Å²) in [6.45, 7) is 0. The molecule has 0 heterocycles. The maximum atomic E-state index is 5.11. The monoisotopic (exact) mass is 484 g/mol. The van der Waals surface area contributed by atoms with Crippen molar-refractivity contribution in [3.8, 4) is 0 Å². The fourth-order valence-electron chi connectivity index (χ4n) is 2.29. The Balaban J connectivity index is 0.000000213. The molecule has 0 bridgehead atoms. The molecule has 4 aromatic rings. The standard InChI is InChI=1S/2C12H10N2S.Ni/c2*15-12-9-5-4-8-11(12)14-13-10-6-2-1-3-7-10;/h2*1-9,15H;/q;;+2/p-2. The molecule has 0 fully saturated rings. The summed E-state index contributed by atoms with van der Waals surface area (Å²) in [5.74, 6) is 0. The number of hydrogen-bond acceptors (Lipinski definition) is 6. The molecule has 7 heteroatoms. The van der Waals surface area contributed by atoms with Crippen LogP contribution in [0.15, 0.2) is 139 Å². The van der Waals surface area contributed by atoms with E-state index in [0.29, 0.717) is 0 Å². The van der Waals surface area contributed by atoms with Crippen LogP contribution in [0.5, 0.6) is 0 Å². The van der Waals surface area contributed by atoms with Gasteiger partial charge in [0.15, 0.2) is 0 Å². The second-order valence-electron chi connectivity index (χ2n) is 6.01. The van der Waals surface area contributed by atoms with Crippen LogP contribution in [-0.4, -0.2) is 0 Å². The van der Waals surface area contributed by atoms with Gasteiger partial charge in [-0.2, -0.15) is 20.5 Å². The molecular weight excluding hydrogens is 467 g/mol. The Morgan fingerprint density at radius 3 is 1.06 bits per heavy atom. The second kappa shape index (κ2) is 13.3. The fourth-order valence-corrected chi connectivity index (χ4v) is 2.67. The largest absolute Gasteiger partial charge is 2.00 e. The molecule has 0 spiro atoms. The molecule has 0 unspecified atom stereocenters. The van der Waals surface area contributed by atoms with E-state index in [1.807, 2.05) is 109 Å². The number of benzene rings is 4. The average Bonchev–Trinajstić information content (AvgIpc) is 2.80. The van der Waals surface area contributed by atoms with Crippen molar-refractivity contribution in [2.45, 2.75) is 9.79 Å². The summed E-state index contributed by atoms with van der Waals surface area (Å²) in [7, 11) is 0. The van der Waals surface area contributed by atoms with Crippen LogP contribution in [0.4, 0.5) is 22.7 Å². The van der Waals surface area contributed by atoms with Crippen molar-refractivity contribution >= 4 is 48.0 Å². The normalized spacial score (nSPS) is 10.3. The van der Waals surface area contributed by atoms with Crippen LogP contribution in [0, 0.1) is 0 Å². The van der Waals surface area contributed by atoms with Crippen molar-refractivity contribution in [1.29, 1.82) is 0 Å². The van der Waals surface area contributed by atoms with E-state index in [1.165, 1.54) is 0 Å². The zero-order valence-corrected chi connectivity index (χ0v) is 18.9. The topological polar surface area (TPSA) is 49.4 Å². The Bertz CT molecular complexity index is 1030. The van der Waals surface area contributed by atoms with Gasteiger partial charge in [0.2, 0.25) is 0 Å². The Kier molecular flexibility index (Phi) is 10.5. The van der Waals surface area contributed by atoms with E-state index in [4.69, 9.17) is 25.3 Å². The van der Waals surface area contributed by atoms with Crippen molar-refractivity contribution in [1.82, 2.24) is 0 Å². The van der Waals surface area contributed by atoms with Gasteiger partial charge < -0.3 is 25.3 Å². The molecule has 156 valence electrons. The van der Waals surface area contributed by atoms with Crippen molar-refractivity contribution in [2.75, 3.05) is 0 Å². The fraction of sp³-hybridized carbons (Fsp3) is 0. The minimum atomic E-state index is 0. The minimum absolute atomic E-state index is 0. The molecule has 0 N–H and O–H groups in total. The summed E-state index contributed by atoms with van der Waals surface area (Å²) in [6, 6.07) is 34.2. The summed E-state index contributed by atoms with van der Waals surface area (Å²) < 4.78 is 0. The summed E-state index contributed by atoms with van der Waals surface area (Å²) in [6.07, 6.45) is 0. The maximum Gasteiger partial charge on any atom is 2.00 e. The summed E-state index contributed by atoms with van der Waals surface area (Å²) in [4.78, 5) is 1.44. The van der Waals surface area contributed by atoms with Gasteiger partial charge in [0.25, 0.3) is 0 Å². The number of rotatable bonds is 4. The first-order valence-corrected chi connectivity index (χ1v) is 10.00. The quantitative estimate of drug-likeness (QED) is 0.167. The number of nitrogens with zero attached hydrogens (tertiary/aromatic N) is 4. The number of hydrogen-bond donors (Lipinski definition) is 0. The predicted octanol–water partition coefficient (Wildman–Crippen LogP) is 8.01. The SMILES string of the molecule is [Ni+2].[S-]c1ccccc1N=Nc1ccccc1.[S-]c1ccccc1N=Nc1ccccc1. The van der Waals surface area contributed by atoms with Gasteiger partial charge in [-0.15, -0.1) is 9.79 Å². The Morgan fingerprint density at radius 1 is 0.387 bits per heavy atom. The molecular formula is C24H18N4NiS2. The van der Waals surface area contributed by atoms with Gasteiger partial charge in [0, 0.05) is 0 Å². The minimum Gasteiger partial charge on any atom is -0.778 e. The van der Waals surface area contributed by atoms with Crippen LogP contribution in [0.3, 0.4) is 0 Å². The third-order valence-corrected chi connectivity index (χ3v) is 4.48. The van der Waals surface area contributed by atoms with Crippen LogP contribution in [-0.2, 0) is 41.7 Å². The molecule has 4 rings (SSSR count). The first kappa shape index (κ1) is 24.3. The smallest absolute Gasteiger partial charge is 0.778 e.